The van der Waals surface area contributed by atoms with Gasteiger partial charge in [0.1, 0.15) is 6.29 Å². The molecular weight excluding hydrogens is 220 g/mol. The number of carbonyl (C=O) groups is 1. The van der Waals surface area contributed by atoms with Gasteiger partial charge >= 0.3 is 0 Å². The third-order valence-electron chi connectivity index (χ3n) is 5.79. The first-order valence-electron chi connectivity index (χ1n) is 8.17. The SMILES string of the molecule is CC1CCCC(C)C1CCC1CCCCC1C=O. The van der Waals surface area contributed by atoms with Crippen molar-refractivity contribution in [2.24, 2.45) is 29.6 Å². The Labute approximate surface area is 113 Å². The first kappa shape index (κ1) is 14.1. The minimum atomic E-state index is 0.382. The van der Waals surface area contributed by atoms with Crippen LogP contribution in [0.3, 0.4) is 0 Å². The molecule has 0 aromatic heterocycles. The average Bonchev–Trinajstić information content (AvgIpc) is 2.38. The Morgan fingerprint density at radius 3 is 2.22 bits per heavy atom. The lowest BCUT2D eigenvalue weighted by atomic mass is 9.69. The Morgan fingerprint density at radius 2 is 1.56 bits per heavy atom. The molecule has 2 saturated carbocycles. The van der Waals surface area contributed by atoms with Gasteiger partial charge in [-0.25, -0.2) is 0 Å². The van der Waals surface area contributed by atoms with Gasteiger partial charge in [0, 0.05) is 5.92 Å². The largest absolute Gasteiger partial charge is 0.303 e. The molecule has 2 aliphatic carbocycles. The summed E-state index contributed by atoms with van der Waals surface area (Å²) in [5, 5.41) is 0. The summed E-state index contributed by atoms with van der Waals surface area (Å²) >= 11 is 0. The van der Waals surface area contributed by atoms with Crippen molar-refractivity contribution in [2.45, 2.75) is 71.6 Å². The Balaban J connectivity index is 1.83. The normalized spacial score (nSPS) is 41.6. The van der Waals surface area contributed by atoms with Crippen LogP contribution >= 0.6 is 0 Å². The van der Waals surface area contributed by atoms with E-state index in [-0.39, 0.29) is 0 Å². The molecule has 1 heteroatoms. The van der Waals surface area contributed by atoms with Crippen LogP contribution in [0.2, 0.25) is 0 Å². The van der Waals surface area contributed by atoms with E-state index in [0.29, 0.717) is 11.8 Å². The number of carbonyl (C=O) groups excluding carboxylic acids is 1. The molecule has 0 saturated heterocycles. The van der Waals surface area contributed by atoms with Crippen molar-refractivity contribution in [2.75, 3.05) is 0 Å². The Morgan fingerprint density at radius 1 is 0.889 bits per heavy atom. The molecule has 18 heavy (non-hydrogen) atoms. The van der Waals surface area contributed by atoms with Gasteiger partial charge in [0.25, 0.3) is 0 Å². The standard InChI is InChI=1S/C17H30O/c1-13-6-5-7-14(2)17(13)11-10-15-8-3-4-9-16(15)12-18/h12-17H,3-11H2,1-2H3. The van der Waals surface area contributed by atoms with Gasteiger partial charge in [-0.2, -0.15) is 0 Å². The van der Waals surface area contributed by atoms with E-state index in [2.05, 4.69) is 13.8 Å². The van der Waals surface area contributed by atoms with Crippen LogP contribution in [0, 0.1) is 29.6 Å². The molecule has 0 N–H and O–H groups in total. The third kappa shape index (κ3) is 3.36. The summed E-state index contributed by atoms with van der Waals surface area (Å²) in [6, 6.07) is 0. The van der Waals surface area contributed by atoms with Crippen LogP contribution < -0.4 is 0 Å². The lowest BCUT2D eigenvalue weighted by molar-refractivity contribution is -0.113. The number of hydrogen-bond donors (Lipinski definition) is 0. The molecule has 0 radical (unpaired) electrons. The monoisotopic (exact) mass is 250 g/mol. The molecule has 2 fully saturated rings. The van der Waals surface area contributed by atoms with E-state index in [1.54, 1.807) is 0 Å². The van der Waals surface area contributed by atoms with Gasteiger partial charge in [-0.05, 0) is 49.4 Å². The van der Waals surface area contributed by atoms with Gasteiger partial charge in [-0.1, -0.05) is 46.0 Å². The van der Waals surface area contributed by atoms with Crippen LogP contribution in [-0.2, 0) is 4.79 Å². The Hall–Kier alpha value is -0.330. The average molecular weight is 250 g/mol. The Kier molecular flexibility index (Phi) is 5.26. The predicted molar refractivity (Wildman–Crippen MR) is 76.4 cm³/mol. The maximum absolute atomic E-state index is 11.2. The predicted octanol–water partition coefficient (Wildman–Crippen LogP) is 4.84. The molecule has 1 nitrogen and oxygen atoms in total. The fourth-order valence-electron chi connectivity index (χ4n) is 4.50. The van der Waals surface area contributed by atoms with Gasteiger partial charge in [0.15, 0.2) is 0 Å². The molecule has 0 aromatic rings. The molecule has 2 rings (SSSR count). The van der Waals surface area contributed by atoms with Gasteiger partial charge in [0.05, 0.1) is 0 Å². The molecule has 0 amide bonds. The maximum atomic E-state index is 11.2. The van der Waals surface area contributed by atoms with Gasteiger partial charge in [-0.15, -0.1) is 0 Å². The second-order valence-electron chi connectivity index (χ2n) is 6.97. The van der Waals surface area contributed by atoms with Crippen LogP contribution in [-0.4, -0.2) is 6.29 Å². The van der Waals surface area contributed by atoms with Crippen molar-refractivity contribution in [1.82, 2.24) is 0 Å². The maximum Gasteiger partial charge on any atom is 0.123 e. The molecule has 0 bridgehead atoms. The summed E-state index contributed by atoms with van der Waals surface area (Å²) in [6.07, 6.45) is 13.3. The number of rotatable bonds is 4. The topological polar surface area (TPSA) is 17.1 Å². The van der Waals surface area contributed by atoms with Crippen LogP contribution in [0.25, 0.3) is 0 Å². The van der Waals surface area contributed by atoms with E-state index in [4.69, 9.17) is 0 Å². The van der Waals surface area contributed by atoms with Crippen LogP contribution in [0.1, 0.15) is 71.6 Å². The summed E-state index contributed by atoms with van der Waals surface area (Å²) in [4.78, 5) is 11.2. The van der Waals surface area contributed by atoms with E-state index in [1.165, 1.54) is 57.7 Å². The van der Waals surface area contributed by atoms with Gasteiger partial charge in [0.2, 0.25) is 0 Å². The van der Waals surface area contributed by atoms with Crippen molar-refractivity contribution in [1.29, 1.82) is 0 Å². The van der Waals surface area contributed by atoms with Crippen molar-refractivity contribution in [3.05, 3.63) is 0 Å². The van der Waals surface area contributed by atoms with Gasteiger partial charge < -0.3 is 4.79 Å². The van der Waals surface area contributed by atoms with Crippen molar-refractivity contribution in [3.63, 3.8) is 0 Å². The van der Waals surface area contributed by atoms with Crippen LogP contribution in [0.5, 0.6) is 0 Å². The van der Waals surface area contributed by atoms with E-state index in [1.807, 2.05) is 0 Å². The quantitative estimate of drug-likeness (QED) is 0.652. The lowest BCUT2D eigenvalue weighted by Crippen LogP contribution is -2.27. The third-order valence-corrected chi connectivity index (χ3v) is 5.79. The fraction of sp³-hybridized carbons (Fsp3) is 0.941. The smallest absolute Gasteiger partial charge is 0.123 e. The zero-order valence-electron chi connectivity index (χ0n) is 12.2. The summed E-state index contributed by atoms with van der Waals surface area (Å²) in [5.74, 6) is 3.83. The highest BCUT2D eigenvalue weighted by Gasteiger charge is 2.30. The first-order valence-corrected chi connectivity index (χ1v) is 8.17. The van der Waals surface area contributed by atoms with Gasteiger partial charge in [-0.3, -0.25) is 0 Å². The minimum Gasteiger partial charge on any atom is -0.303 e. The van der Waals surface area contributed by atoms with E-state index in [9.17, 15) is 4.79 Å². The summed E-state index contributed by atoms with van der Waals surface area (Å²) in [7, 11) is 0. The molecule has 0 aliphatic heterocycles. The zero-order valence-corrected chi connectivity index (χ0v) is 12.2. The molecule has 0 spiro atoms. The summed E-state index contributed by atoms with van der Waals surface area (Å²) < 4.78 is 0. The molecule has 2 aliphatic rings. The molecular formula is C17H30O. The van der Waals surface area contributed by atoms with Crippen molar-refractivity contribution < 1.29 is 4.79 Å². The molecule has 4 atom stereocenters. The number of hydrogen-bond acceptors (Lipinski definition) is 1. The number of aldehydes is 1. The van der Waals surface area contributed by atoms with E-state index >= 15 is 0 Å². The van der Waals surface area contributed by atoms with Crippen LogP contribution in [0.4, 0.5) is 0 Å². The van der Waals surface area contributed by atoms with E-state index in [0.717, 1.165) is 24.2 Å². The summed E-state index contributed by atoms with van der Waals surface area (Å²) in [6.45, 7) is 4.89. The highest BCUT2D eigenvalue weighted by atomic mass is 16.1. The fourth-order valence-corrected chi connectivity index (χ4v) is 4.50. The molecule has 0 heterocycles. The highest BCUT2D eigenvalue weighted by Crippen LogP contribution is 2.40. The second-order valence-corrected chi connectivity index (χ2v) is 6.97. The minimum absolute atomic E-state index is 0.382. The van der Waals surface area contributed by atoms with Crippen molar-refractivity contribution in [3.8, 4) is 0 Å². The highest BCUT2D eigenvalue weighted by molar-refractivity contribution is 5.54. The summed E-state index contributed by atoms with van der Waals surface area (Å²) in [5.41, 5.74) is 0. The second kappa shape index (κ2) is 6.73. The first-order chi connectivity index (χ1) is 8.72. The molecule has 0 aromatic carbocycles. The zero-order chi connectivity index (χ0) is 13.0. The molecule has 104 valence electrons. The Bertz CT molecular complexity index is 250. The van der Waals surface area contributed by atoms with E-state index < -0.39 is 0 Å². The van der Waals surface area contributed by atoms with Crippen LogP contribution in [0.15, 0.2) is 0 Å². The molecule has 4 unspecified atom stereocenters. The van der Waals surface area contributed by atoms with Crippen molar-refractivity contribution >= 4 is 6.29 Å². The lowest BCUT2D eigenvalue weighted by Gasteiger charge is -2.36.